The monoisotopic (exact) mass is 258 g/mol. The lowest BCUT2D eigenvalue weighted by atomic mass is 9.99. The molecule has 2 atom stereocenters. The molecule has 1 aromatic carbocycles. The summed E-state index contributed by atoms with van der Waals surface area (Å²) in [7, 11) is 0. The highest BCUT2D eigenvalue weighted by Crippen LogP contribution is 2.34. The van der Waals surface area contributed by atoms with Gasteiger partial charge in [0.05, 0.1) is 12.1 Å². The SMILES string of the molecule is Cc1ccccc1[C@@H]1CCCN1C(=O)[C@@H]1CCCN1. The fraction of sp³-hybridized carbons (Fsp3) is 0.562. The standard InChI is InChI=1S/C16H22N2O/c1-12-6-2-3-7-13(12)15-9-5-11-18(15)16(19)14-8-4-10-17-14/h2-3,6-7,14-15,17H,4-5,8-11H2,1H3/t14-,15-/m0/s1. The summed E-state index contributed by atoms with van der Waals surface area (Å²) in [4.78, 5) is 14.7. The van der Waals surface area contributed by atoms with Crippen LogP contribution in [0.2, 0.25) is 0 Å². The molecule has 0 spiro atoms. The normalized spacial score (nSPS) is 26.9. The number of likely N-dealkylation sites (tertiary alicyclic amines) is 1. The van der Waals surface area contributed by atoms with Crippen molar-refractivity contribution in [3.8, 4) is 0 Å². The second-order valence-corrected chi connectivity index (χ2v) is 5.70. The van der Waals surface area contributed by atoms with Gasteiger partial charge in [0.15, 0.2) is 0 Å². The molecular weight excluding hydrogens is 236 g/mol. The van der Waals surface area contributed by atoms with E-state index in [0.717, 1.165) is 38.8 Å². The van der Waals surface area contributed by atoms with Crippen molar-refractivity contribution < 1.29 is 4.79 Å². The molecule has 2 heterocycles. The fourth-order valence-electron chi connectivity index (χ4n) is 3.41. The average molecular weight is 258 g/mol. The van der Waals surface area contributed by atoms with E-state index in [1.807, 2.05) is 0 Å². The second-order valence-electron chi connectivity index (χ2n) is 5.70. The minimum Gasteiger partial charge on any atom is -0.334 e. The quantitative estimate of drug-likeness (QED) is 0.883. The Morgan fingerprint density at radius 1 is 1.26 bits per heavy atom. The predicted octanol–water partition coefficient (Wildman–Crippen LogP) is 2.41. The maximum atomic E-state index is 12.6. The number of benzene rings is 1. The third-order valence-electron chi connectivity index (χ3n) is 4.44. The summed E-state index contributed by atoms with van der Waals surface area (Å²) in [6.45, 7) is 4.04. The number of carbonyl (C=O) groups is 1. The number of rotatable bonds is 2. The van der Waals surface area contributed by atoms with Gasteiger partial charge < -0.3 is 10.2 Å². The smallest absolute Gasteiger partial charge is 0.240 e. The van der Waals surface area contributed by atoms with Gasteiger partial charge in [-0.2, -0.15) is 0 Å². The number of nitrogens with one attached hydrogen (secondary N) is 1. The van der Waals surface area contributed by atoms with Crippen molar-refractivity contribution in [3.05, 3.63) is 35.4 Å². The number of hydrogen-bond acceptors (Lipinski definition) is 2. The largest absolute Gasteiger partial charge is 0.334 e. The van der Waals surface area contributed by atoms with Gasteiger partial charge in [-0.05, 0) is 50.3 Å². The van der Waals surface area contributed by atoms with Crippen molar-refractivity contribution in [2.45, 2.75) is 44.7 Å². The van der Waals surface area contributed by atoms with Crippen molar-refractivity contribution in [3.63, 3.8) is 0 Å². The molecule has 0 bridgehead atoms. The summed E-state index contributed by atoms with van der Waals surface area (Å²) >= 11 is 0. The molecule has 3 rings (SSSR count). The summed E-state index contributed by atoms with van der Waals surface area (Å²) in [5, 5.41) is 3.33. The molecule has 2 fully saturated rings. The van der Waals surface area contributed by atoms with E-state index >= 15 is 0 Å². The molecule has 3 heteroatoms. The van der Waals surface area contributed by atoms with Gasteiger partial charge in [-0.1, -0.05) is 24.3 Å². The lowest BCUT2D eigenvalue weighted by Gasteiger charge is -2.28. The zero-order valence-electron chi connectivity index (χ0n) is 11.6. The molecule has 2 aliphatic rings. The molecule has 102 valence electrons. The van der Waals surface area contributed by atoms with Gasteiger partial charge >= 0.3 is 0 Å². The fourth-order valence-corrected chi connectivity index (χ4v) is 3.41. The lowest BCUT2D eigenvalue weighted by Crippen LogP contribution is -2.43. The van der Waals surface area contributed by atoms with Crippen molar-refractivity contribution in [1.82, 2.24) is 10.2 Å². The molecule has 0 aromatic heterocycles. The van der Waals surface area contributed by atoms with Crippen LogP contribution in [0, 0.1) is 6.92 Å². The Hall–Kier alpha value is -1.35. The Bertz CT molecular complexity index is 466. The number of aryl methyl sites for hydroxylation is 1. The van der Waals surface area contributed by atoms with E-state index in [-0.39, 0.29) is 12.1 Å². The van der Waals surface area contributed by atoms with Crippen LogP contribution >= 0.6 is 0 Å². The highest BCUT2D eigenvalue weighted by atomic mass is 16.2. The average Bonchev–Trinajstić information content (AvgIpc) is 3.10. The molecule has 2 aliphatic heterocycles. The van der Waals surface area contributed by atoms with Crippen LogP contribution in [0.4, 0.5) is 0 Å². The second kappa shape index (κ2) is 5.33. The maximum absolute atomic E-state index is 12.6. The van der Waals surface area contributed by atoms with Gasteiger partial charge in [0, 0.05) is 6.54 Å². The van der Waals surface area contributed by atoms with Gasteiger partial charge in [-0.25, -0.2) is 0 Å². The predicted molar refractivity (Wildman–Crippen MR) is 75.9 cm³/mol. The molecule has 1 N–H and O–H groups in total. The molecule has 19 heavy (non-hydrogen) atoms. The summed E-state index contributed by atoms with van der Waals surface area (Å²) in [6, 6.07) is 8.81. The molecule has 0 radical (unpaired) electrons. The van der Waals surface area contributed by atoms with E-state index < -0.39 is 0 Å². The number of amides is 1. The zero-order valence-corrected chi connectivity index (χ0v) is 11.6. The van der Waals surface area contributed by atoms with Gasteiger partial charge in [0.1, 0.15) is 0 Å². The highest BCUT2D eigenvalue weighted by Gasteiger charge is 2.35. The third-order valence-corrected chi connectivity index (χ3v) is 4.44. The zero-order chi connectivity index (χ0) is 13.2. The number of nitrogens with zero attached hydrogens (tertiary/aromatic N) is 1. The van der Waals surface area contributed by atoms with Crippen LogP contribution in [0.5, 0.6) is 0 Å². The molecule has 1 aromatic rings. The van der Waals surface area contributed by atoms with Crippen LogP contribution < -0.4 is 5.32 Å². The lowest BCUT2D eigenvalue weighted by molar-refractivity contribution is -0.134. The molecule has 2 saturated heterocycles. The molecule has 0 aliphatic carbocycles. The summed E-state index contributed by atoms with van der Waals surface area (Å²) in [5.74, 6) is 0.309. The molecule has 3 nitrogen and oxygen atoms in total. The van der Waals surface area contributed by atoms with E-state index in [1.165, 1.54) is 11.1 Å². The first-order valence-electron chi connectivity index (χ1n) is 7.37. The molecule has 0 unspecified atom stereocenters. The first-order chi connectivity index (χ1) is 9.27. The maximum Gasteiger partial charge on any atom is 0.240 e. The Balaban J connectivity index is 1.81. The third kappa shape index (κ3) is 2.39. The molecule has 0 saturated carbocycles. The van der Waals surface area contributed by atoms with Crippen LogP contribution in [0.1, 0.15) is 42.9 Å². The van der Waals surface area contributed by atoms with Crippen molar-refractivity contribution >= 4 is 5.91 Å². The Morgan fingerprint density at radius 3 is 2.84 bits per heavy atom. The van der Waals surface area contributed by atoms with E-state index in [2.05, 4.69) is 41.4 Å². The van der Waals surface area contributed by atoms with Gasteiger partial charge in [-0.3, -0.25) is 4.79 Å². The Labute approximate surface area is 115 Å². The minimum atomic E-state index is 0.0598. The summed E-state index contributed by atoms with van der Waals surface area (Å²) in [5.41, 5.74) is 2.62. The highest BCUT2D eigenvalue weighted by molar-refractivity contribution is 5.83. The van der Waals surface area contributed by atoms with Crippen LogP contribution in [-0.4, -0.2) is 29.9 Å². The van der Waals surface area contributed by atoms with Gasteiger partial charge in [0.25, 0.3) is 0 Å². The van der Waals surface area contributed by atoms with E-state index in [9.17, 15) is 4.79 Å². The van der Waals surface area contributed by atoms with Crippen molar-refractivity contribution in [2.75, 3.05) is 13.1 Å². The van der Waals surface area contributed by atoms with E-state index in [1.54, 1.807) is 0 Å². The van der Waals surface area contributed by atoms with Crippen molar-refractivity contribution in [2.24, 2.45) is 0 Å². The van der Waals surface area contributed by atoms with Crippen LogP contribution in [-0.2, 0) is 4.79 Å². The molecule has 1 amide bonds. The van der Waals surface area contributed by atoms with E-state index in [4.69, 9.17) is 0 Å². The first-order valence-corrected chi connectivity index (χ1v) is 7.37. The molecular formula is C16H22N2O. The summed E-state index contributed by atoms with van der Waals surface area (Å²) in [6.07, 6.45) is 4.34. The van der Waals surface area contributed by atoms with E-state index in [0.29, 0.717) is 5.91 Å². The minimum absolute atomic E-state index is 0.0598. The number of carbonyl (C=O) groups excluding carboxylic acids is 1. The van der Waals surface area contributed by atoms with Crippen molar-refractivity contribution in [1.29, 1.82) is 0 Å². The number of hydrogen-bond donors (Lipinski definition) is 1. The van der Waals surface area contributed by atoms with Crippen LogP contribution in [0.3, 0.4) is 0 Å². The summed E-state index contributed by atoms with van der Waals surface area (Å²) < 4.78 is 0. The first kappa shape index (κ1) is 12.7. The van der Waals surface area contributed by atoms with Gasteiger partial charge in [-0.15, -0.1) is 0 Å². The van der Waals surface area contributed by atoms with Crippen LogP contribution in [0.15, 0.2) is 24.3 Å². The Kier molecular flexibility index (Phi) is 3.56. The topological polar surface area (TPSA) is 32.3 Å². The Morgan fingerprint density at radius 2 is 2.11 bits per heavy atom. The van der Waals surface area contributed by atoms with Crippen LogP contribution in [0.25, 0.3) is 0 Å². The van der Waals surface area contributed by atoms with Gasteiger partial charge in [0.2, 0.25) is 5.91 Å².